The van der Waals surface area contributed by atoms with Crippen LogP contribution in [0.1, 0.15) is 81.1 Å². The number of aldehydes is 1. The second kappa shape index (κ2) is 19.6. The van der Waals surface area contributed by atoms with Gasteiger partial charge in [-0.15, -0.1) is 0 Å². The van der Waals surface area contributed by atoms with Gasteiger partial charge < -0.3 is 4.79 Å². The Labute approximate surface area is 208 Å². The van der Waals surface area contributed by atoms with Gasteiger partial charge in [0.2, 0.25) is 0 Å². The zero-order valence-electron chi connectivity index (χ0n) is 21.2. The number of aryl methyl sites for hydroxylation is 2. The third kappa shape index (κ3) is 14.1. The summed E-state index contributed by atoms with van der Waals surface area (Å²) in [4.78, 5) is 19.4. The van der Waals surface area contributed by atoms with Crippen molar-refractivity contribution >= 4 is 35.6 Å². The standard InChI is InChI=1S/C16H20N4.C4H8OS.C3H6OS.C2H6/c1-11-6-8-15(19-17-11)13-4-3-5-14(10-13)16-9-7-12(2)18-20-16;1-4(5)3-6-2;1-5-3-2-4;1-2/h6-9,13-14H,3-5,10H2,1-2H3;3H2,1-2H3;2H,3H2,1H3;1-2H3/t13-,14?;;;/m1.../s1. The van der Waals surface area contributed by atoms with Gasteiger partial charge in [-0.25, -0.2) is 0 Å². The van der Waals surface area contributed by atoms with E-state index < -0.39 is 0 Å². The highest BCUT2D eigenvalue weighted by molar-refractivity contribution is 7.99. The molecule has 3 rings (SSSR count). The summed E-state index contributed by atoms with van der Waals surface area (Å²) in [6.45, 7) is 9.54. The molecule has 1 saturated carbocycles. The Hall–Kier alpha value is -1.80. The largest absolute Gasteiger partial charge is 0.302 e. The minimum Gasteiger partial charge on any atom is -0.302 e. The van der Waals surface area contributed by atoms with E-state index in [9.17, 15) is 9.59 Å². The maximum atomic E-state index is 10.0. The summed E-state index contributed by atoms with van der Waals surface area (Å²) in [6, 6.07) is 8.35. The Bertz CT molecular complexity index is 719. The highest BCUT2D eigenvalue weighted by atomic mass is 32.2. The lowest BCUT2D eigenvalue weighted by molar-refractivity contribution is -0.114. The smallest absolute Gasteiger partial charge is 0.139 e. The Kier molecular flexibility index (Phi) is 18.6. The number of hydrogen-bond acceptors (Lipinski definition) is 8. The number of carbonyl (C=O) groups excluding carboxylic acids is 2. The Morgan fingerprint density at radius 2 is 1.39 bits per heavy atom. The number of thioether (sulfide) groups is 2. The first-order valence-electron chi connectivity index (χ1n) is 11.4. The summed E-state index contributed by atoms with van der Waals surface area (Å²) >= 11 is 3.09. The van der Waals surface area contributed by atoms with Crippen LogP contribution < -0.4 is 0 Å². The van der Waals surface area contributed by atoms with Crippen LogP contribution >= 0.6 is 23.5 Å². The molecule has 184 valence electrons. The molecule has 2 heterocycles. The summed E-state index contributed by atoms with van der Waals surface area (Å²) in [6.07, 6.45) is 9.44. The molecule has 6 nitrogen and oxygen atoms in total. The van der Waals surface area contributed by atoms with Crippen molar-refractivity contribution in [2.24, 2.45) is 0 Å². The van der Waals surface area contributed by atoms with E-state index in [0.717, 1.165) is 35.5 Å². The minimum absolute atomic E-state index is 0.252. The molecule has 0 spiro atoms. The predicted molar refractivity (Wildman–Crippen MR) is 142 cm³/mol. The van der Waals surface area contributed by atoms with Gasteiger partial charge in [-0.05, 0) is 76.8 Å². The molecular formula is C25H40N4O2S2. The summed E-state index contributed by atoms with van der Waals surface area (Å²) in [5.74, 6) is 2.54. The van der Waals surface area contributed by atoms with Crippen molar-refractivity contribution in [1.29, 1.82) is 0 Å². The maximum Gasteiger partial charge on any atom is 0.139 e. The molecule has 2 aromatic rings. The summed E-state index contributed by atoms with van der Waals surface area (Å²) in [5.41, 5.74) is 4.21. The van der Waals surface area contributed by atoms with Gasteiger partial charge in [-0.3, -0.25) is 4.79 Å². The lowest BCUT2D eigenvalue weighted by Gasteiger charge is -2.28. The van der Waals surface area contributed by atoms with Crippen molar-refractivity contribution in [3.63, 3.8) is 0 Å². The summed E-state index contributed by atoms with van der Waals surface area (Å²) in [5, 5.41) is 17.1. The third-order valence-electron chi connectivity index (χ3n) is 4.73. The number of carbonyl (C=O) groups is 2. The van der Waals surface area contributed by atoms with E-state index in [-0.39, 0.29) is 5.78 Å². The van der Waals surface area contributed by atoms with E-state index >= 15 is 0 Å². The first-order chi connectivity index (χ1) is 15.9. The highest BCUT2D eigenvalue weighted by Gasteiger charge is 2.26. The number of aromatic nitrogens is 4. The van der Waals surface area contributed by atoms with Crippen LogP contribution in [0.5, 0.6) is 0 Å². The summed E-state index contributed by atoms with van der Waals surface area (Å²) < 4.78 is 0. The van der Waals surface area contributed by atoms with Crippen LogP contribution in [0.25, 0.3) is 0 Å². The Morgan fingerprint density at radius 1 is 0.909 bits per heavy atom. The molecule has 0 aromatic carbocycles. The van der Waals surface area contributed by atoms with Crippen molar-refractivity contribution in [1.82, 2.24) is 20.4 Å². The fourth-order valence-electron chi connectivity index (χ4n) is 3.25. The number of rotatable bonds is 6. The van der Waals surface area contributed by atoms with Crippen LogP contribution in [-0.4, -0.2) is 56.5 Å². The number of Topliss-reactive ketones (excluding diaryl/α,β-unsaturated/α-hetero) is 1. The third-order valence-corrected chi connectivity index (χ3v) is 5.89. The second-order valence-electron chi connectivity index (χ2n) is 7.52. The average Bonchev–Trinajstić information content (AvgIpc) is 2.83. The van der Waals surface area contributed by atoms with Gasteiger partial charge >= 0.3 is 0 Å². The molecule has 2 aromatic heterocycles. The van der Waals surface area contributed by atoms with E-state index in [1.165, 1.54) is 31.0 Å². The lowest BCUT2D eigenvalue weighted by atomic mass is 9.78. The molecule has 2 atom stereocenters. The number of nitrogens with zero attached hydrogens (tertiary/aromatic N) is 4. The van der Waals surface area contributed by atoms with Gasteiger partial charge in [0.15, 0.2) is 0 Å². The summed E-state index contributed by atoms with van der Waals surface area (Å²) in [7, 11) is 0. The fourth-order valence-corrected chi connectivity index (χ4v) is 3.79. The molecule has 8 heteroatoms. The van der Waals surface area contributed by atoms with Crippen molar-refractivity contribution in [2.75, 3.05) is 24.0 Å². The molecule has 1 aliphatic carbocycles. The van der Waals surface area contributed by atoms with Crippen LogP contribution in [0.2, 0.25) is 0 Å². The molecule has 0 bridgehead atoms. The van der Waals surface area contributed by atoms with Crippen molar-refractivity contribution in [3.05, 3.63) is 47.0 Å². The maximum absolute atomic E-state index is 10.0. The molecule has 0 radical (unpaired) electrons. The normalized spacial score (nSPS) is 16.6. The first kappa shape index (κ1) is 31.2. The zero-order valence-corrected chi connectivity index (χ0v) is 22.8. The molecule has 1 fully saturated rings. The molecule has 33 heavy (non-hydrogen) atoms. The highest BCUT2D eigenvalue weighted by Crippen LogP contribution is 2.39. The Balaban J connectivity index is 0.000000657. The monoisotopic (exact) mass is 492 g/mol. The van der Waals surface area contributed by atoms with Gasteiger partial charge in [-0.1, -0.05) is 20.3 Å². The molecule has 0 amide bonds. The quantitative estimate of drug-likeness (QED) is 0.465. The van der Waals surface area contributed by atoms with Crippen LogP contribution in [0.3, 0.4) is 0 Å². The van der Waals surface area contributed by atoms with Crippen LogP contribution in [0.15, 0.2) is 24.3 Å². The Morgan fingerprint density at radius 3 is 1.64 bits per heavy atom. The average molecular weight is 493 g/mol. The van der Waals surface area contributed by atoms with E-state index in [4.69, 9.17) is 0 Å². The molecule has 0 N–H and O–H groups in total. The lowest BCUT2D eigenvalue weighted by Crippen LogP contribution is -2.15. The van der Waals surface area contributed by atoms with Crippen molar-refractivity contribution in [2.45, 2.75) is 72.1 Å². The van der Waals surface area contributed by atoms with E-state index in [2.05, 4.69) is 44.7 Å². The van der Waals surface area contributed by atoms with Crippen molar-refractivity contribution < 1.29 is 9.59 Å². The first-order valence-corrected chi connectivity index (χ1v) is 14.2. The van der Waals surface area contributed by atoms with Gasteiger partial charge in [-0.2, -0.15) is 43.9 Å². The van der Waals surface area contributed by atoms with Gasteiger partial charge in [0.25, 0.3) is 0 Å². The second-order valence-corrected chi connectivity index (χ2v) is 9.29. The van der Waals surface area contributed by atoms with Gasteiger partial charge in [0, 0.05) is 17.6 Å². The van der Waals surface area contributed by atoms with Gasteiger partial charge in [0.05, 0.1) is 28.5 Å². The number of hydrogen-bond donors (Lipinski definition) is 0. The van der Waals surface area contributed by atoms with Crippen molar-refractivity contribution in [3.8, 4) is 0 Å². The van der Waals surface area contributed by atoms with Crippen LogP contribution in [-0.2, 0) is 9.59 Å². The fraction of sp³-hybridized carbons (Fsp3) is 0.600. The van der Waals surface area contributed by atoms with E-state index in [1.54, 1.807) is 18.7 Å². The van der Waals surface area contributed by atoms with E-state index in [1.807, 2.05) is 40.2 Å². The molecule has 1 aliphatic rings. The van der Waals surface area contributed by atoms with Gasteiger partial charge in [0.1, 0.15) is 12.1 Å². The van der Waals surface area contributed by atoms with Crippen LogP contribution in [0.4, 0.5) is 0 Å². The zero-order chi connectivity index (χ0) is 25.1. The molecule has 0 saturated heterocycles. The molecule has 1 unspecified atom stereocenters. The minimum atomic E-state index is 0.252. The molecule has 0 aliphatic heterocycles. The topological polar surface area (TPSA) is 85.7 Å². The SMILES string of the molecule is CC.CSCC(C)=O.CSCC=O.Cc1ccc(C2CCC[C@@H](c3ccc(C)nn3)C2)nn1. The number of ketones is 1. The predicted octanol–water partition coefficient (Wildman–Crippen LogP) is 5.84. The van der Waals surface area contributed by atoms with E-state index in [0.29, 0.717) is 23.3 Å². The molecular weight excluding hydrogens is 452 g/mol. The van der Waals surface area contributed by atoms with Crippen LogP contribution in [0, 0.1) is 13.8 Å².